The molecule has 0 saturated heterocycles. The van der Waals surface area contributed by atoms with Crippen molar-refractivity contribution in [2.45, 2.75) is 32.9 Å². The highest BCUT2D eigenvalue weighted by molar-refractivity contribution is 7.87. The molecule has 0 bridgehead atoms. The fourth-order valence-corrected chi connectivity index (χ4v) is 3.00. The SMILES string of the molecule is CC(NS(=O)(=O)N(C)C(C)C)c1cccc(C#CCN)c1. The third kappa shape index (κ3) is 5.14. The van der Waals surface area contributed by atoms with Crippen molar-refractivity contribution in [3.8, 4) is 11.8 Å². The summed E-state index contributed by atoms with van der Waals surface area (Å²) in [6.45, 7) is 5.76. The van der Waals surface area contributed by atoms with Gasteiger partial charge < -0.3 is 5.73 Å². The summed E-state index contributed by atoms with van der Waals surface area (Å²) >= 11 is 0. The largest absolute Gasteiger partial charge is 0.320 e. The number of rotatable bonds is 5. The molecule has 1 aromatic carbocycles. The van der Waals surface area contributed by atoms with E-state index in [4.69, 9.17) is 5.73 Å². The lowest BCUT2D eigenvalue weighted by atomic mass is 10.1. The molecule has 0 fully saturated rings. The Bertz CT molecular complexity index is 630. The smallest absolute Gasteiger partial charge is 0.279 e. The molecule has 116 valence electrons. The van der Waals surface area contributed by atoms with Gasteiger partial charge in [0, 0.05) is 24.7 Å². The van der Waals surface area contributed by atoms with Gasteiger partial charge in [0.1, 0.15) is 0 Å². The summed E-state index contributed by atoms with van der Waals surface area (Å²) in [5.74, 6) is 5.72. The van der Waals surface area contributed by atoms with Gasteiger partial charge in [-0.1, -0.05) is 24.0 Å². The molecule has 1 rings (SSSR count). The van der Waals surface area contributed by atoms with E-state index in [0.717, 1.165) is 11.1 Å². The normalized spacial score (nSPS) is 13.1. The van der Waals surface area contributed by atoms with Crippen LogP contribution in [0.3, 0.4) is 0 Å². The Morgan fingerprint density at radius 3 is 2.57 bits per heavy atom. The second-order valence-electron chi connectivity index (χ2n) is 5.09. The number of benzene rings is 1. The third-order valence-electron chi connectivity index (χ3n) is 3.15. The van der Waals surface area contributed by atoms with Gasteiger partial charge in [0.2, 0.25) is 0 Å². The van der Waals surface area contributed by atoms with E-state index in [1.54, 1.807) is 14.0 Å². The monoisotopic (exact) mass is 309 g/mol. The van der Waals surface area contributed by atoms with Crippen LogP contribution in [-0.2, 0) is 10.2 Å². The summed E-state index contributed by atoms with van der Waals surface area (Å²) < 4.78 is 28.3. The molecule has 3 N–H and O–H groups in total. The summed E-state index contributed by atoms with van der Waals surface area (Å²) in [4.78, 5) is 0. The molecule has 0 amide bonds. The molecule has 1 unspecified atom stereocenters. The van der Waals surface area contributed by atoms with E-state index >= 15 is 0 Å². The van der Waals surface area contributed by atoms with Gasteiger partial charge in [-0.3, -0.25) is 0 Å². The van der Waals surface area contributed by atoms with Crippen LogP contribution >= 0.6 is 0 Å². The predicted molar refractivity (Wildman–Crippen MR) is 85.7 cm³/mol. The Hall–Kier alpha value is -1.39. The third-order valence-corrected chi connectivity index (χ3v) is 4.98. The second-order valence-corrected chi connectivity index (χ2v) is 6.85. The van der Waals surface area contributed by atoms with E-state index in [9.17, 15) is 8.42 Å². The minimum absolute atomic E-state index is 0.101. The van der Waals surface area contributed by atoms with Crippen molar-refractivity contribution in [2.24, 2.45) is 5.73 Å². The molecule has 0 radical (unpaired) electrons. The summed E-state index contributed by atoms with van der Waals surface area (Å²) in [7, 11) is -1.95. The zero-order valence-electron chi connectivity index (χ0n) is 12.9. The summed E-state index contributed by atoms with van der Waals surface area (Å²) in [5, 5.41) is 0. The fourth-order valence-electron chi connectivity index (χ4n) is 1.69. The van der Waals surface area contributed by atoms with Gasteiger partial charge in [0.15, 0.2) is 0 Å². The quantitative estimate of drug-likeness (QED) is 0.803. The molecule has 0 aliphatic rings. The molecule has 0 heterocycles. The Labute approximate surface area is 127 Å². The highest BCUT2D eigenvalue weighted by Gasteiger charge is 2.22. The maximum Gasteiger partial charge on any atom is 0.279 e. The zero-order valence-corrected chi connectivity index (χ0v) is 13.7. The molecule has 0 aromatic heterocycles. The number of nitrogens with two attached hydrogens (primary N) is 1. The lowest BCUT2D eigenvalue weighted by Crippen LogP contribution is -2.42. The molecule has 6 heteroatoms. The molecule has 0 aliphatic heterocycles. The van der Waals surface area contributed by atoms with Crippen LogP contribution in [0.15, 0.2) is 24.3 Å². The Kier molecular flexibility index (Phi) is 6.37. The Balaban J connectivity index is 2.92. The fraction of sp³-hybridized carbons (Fsp3) is 0.467. The van der Waals surface area contributed by atoms with Crippen LogP contribution in [0.25, 0.3) is 0 Å². The van der Waals surface area contributed by atoms with Gasteiger partial charge in [0.25, 0.3) is 10.2 Å². The van der Waals surface area contributed by atoms with Crippen molar-refractivity contribution < 1.29 is 8.42 Å². The molecule has 0 aliphatic carbocycles. The van der Waals surface area contributed by atoms with Crippen LogP contribution in [0.2, 0.25) is 0 Å². The Morgan fingerprint density at radius 2 is 2.00 bits per heavy atom. The van der Waals surface area contributed by atoms with Crippen LogP contribution < -0.4 is 10.5 Å². The average molecular weight is 309 g/mol. The molecule has 1 atom stereocenters. The van der Waals surface area contributed by atoms with E-state index in [1.807, 2.05) is 38.1 Å². The molecule has 0 spiro atoms. The first-order valence-electron chi connectivity index (χ1n) is 6.82. The van der Waals surface area contributed by atoms with E-state index < -0.39 is 10.2 Å². The molecular weight excluding hydrogens is 286 g/mol. The molecule has 0 saturated carbocycles. The van der Waals surface area contributed by atoms with Crippen molar-refractivity contribution in [2.75, 3.05) is 13.6 Å². The summed E-state index contributed by atoms with van der Waals surface area (Å²) in [5.41, 5.74) is 7.03. The van der Waals surface area contributed by atoms with E-state index in [1.165, 1.54) is 4.31 Å². The van der Waals surface area contributed by atoms with Gasteiger partial charge >= 0.3 is 0 Å². The van der Waals surface area contributed by atoms with Crippen molar-refractivity contribution in [1.29, 1.82) is 0 Å². The maximum atomic E-state index is 12.2. The van der Waals surface area contributed by atoms with Crippen LogP contribution in [-0.4, -0.2) is 32.4 Å². The highest BCUT2D eigenvalue weighted by atomic mass is 32.2. The predicted octanol–water partition coefficient (Wildman–Crippen LogP) is 1.23. The number of nitrogens with zero attached hydrogens (tertiary/aromatic N) is 1. The van der Waals surface area contributed by atoms with Crippen molar-refractivity contribution in [1.82, 2.24) is 9.03 Å². The van der Waals surface area contributed by atoms with Gasteiger partial charge in [-0.25, -0.2) is 0 Å². The van der Waals surface area contributed by atoms with E-state index in [-0.39, 0.29) is 12.1 Å². The van der Waals surface area contributed by atoms with Crippen LogP contribution in [0.5, 0.6) is 0 Å². The minimum Gasteiger partial charge on any atom is -0.320 e. The highest BCUT2D eigenvalue weighted by Crippen LogP contribution is 2.16. The number of nitrogens with one attached hydrogen (secondary N) is 1. The van der Waals surface area contributed by atoms with Gasteiger partial charge in [0.05, 0.1) is 6.54 Å². The van der Waals surface area contributed by atoms with E-state index in [2.05, 4.69) is 16.6 Å². The first-order chi connectivity index (χ1) is 9.77. The summed E-state index contributed by atoms with van der Waals surface area (Å²) in [6.07, 6.45) is 0. The van der Waals surface area contributed by atoms with Crippen LogP contribution in [0.4, 0.5) is 0 Å². The first kappa shape index (κ1) is 17.7. The minimum atomic E-state index is -3.51. The zero-order chi connectivity index (χ0) is 16.0. The number of hydrogen-bond donors (Lipinski definition) is 2. The standard InChI is InChI=1S/C15H23N3O2S/c1-12(2)18(4)21(19,20)17-13(3)15-9-5-7-14(11-15)8-6-10-16/h5,7,9,11-13,17H,10,16H2,1-4H3. The van der Waals surface area contributed by atoms with Gasteiger partial charge in [-0.2, -0.15) is 17.4 Å². The first-order valence-corrected chi connectivity index (χ1v) is 8.26. The molecular formula is C15H23N3O2S. The van der Waals surface area contributed by atoms with Crippen LogP contribution in [0, 0.1) is 11.8 Å². The maximum absolute atomic E-state index is 12.2. The van der Waals surface area contributed by atoms with Gasteiger partial charge in [-0.05, 0) is 38.5 Å². The molecule has 5 nitrogen and oxygen atoms in total. The van der Waals surface area contributed by atoms with Gasteiger partial charge in [-0.15, -0.1) is 0 Å². The lowest BCUT2D eigenvalue weighted by Gasteiger charge is -2.24. The van der Waals surface area contributed by atoms with Crippen molar-refractivity contribution in [3.05, 3.63) is 35.4 Å². The summed E-state index contributed by atoms with van der Waals surface area (Å²) in [6, 6.07) is 7.02. The number of hydrogen-bond acceptors (Lipinski definition) is 3. The van der Waals surface area contributed by atoms with Crippen molar-refractivity contribution in [3.63, 3.8) is 0 Å². The Morgan fingerprint density at radius 1 is 1.33 bits per heavy atom. The van der Waals surface area contributed by atoms with E-state index in [0.29, 0.717) is 6.54 Å². The molecule has 21 heavy (non-hydrogen) atoms. The second kappa shape index (κ2) is 7.57. The topological polar surface area (TPSA) is 75.4 Å². The van der Waals surface area contributed by atoms with Crippen molar-refractivity contribution >= 4 is 10.2 Å². The molecule has 1 aromatic rings. The lowest BCUT2D eigenvalue weighted by molar-refractivity contribution is 0.398. The van der Waals surface area contributed by atoms with Crippen LogP contribution in [0.1, 0.15) is 37.9 Å². The average Bonchev–Trinajstić information content (AvgIpc) is 2.44.